The Labute approximate surface area is 177 Å². The van der Waals surface area contributed by atoms with Gasteiger partial charge in [0, 0.05) is 64.2 Å². The van der Waals surface area contributed by atoms with Crippen molar-refractivity contribution in [2.75, 3.05) is 13.2 Å². The van der Waals surface area contributed by atoms with E-state index in [1.165, 1.54) is 6.07 Å². The molecule has 1 N–H and O–H groups in total. The number of carbonyl (C=O) groups is 1. The van der Waals surface area contributed by atoms with Crippen LogP contribution in [0.4, 0.5) is 0 Å². The summed E-state index contributed by atoms with van der Waals surface area (Å²) in [6, 6.07) is 12.2. The fourth-order valence-electron chi connectivity index (χ4n) is 4.11. The molecule has 0 bridgehead atoms. The molecule has 3 heterocycles. The first-order chi connectivity index (χ1) is 14.5. The van der Waals surface area contributed by atoms with Gasteiger partial charge in [-0.1, -0.05) is 11.6 Å². The zero-order chi connectivity index (χ0) is 20.8. The van der Waals surface area contributed by atoms with Crippen molar-refractivity contribution in [3.63, 3.8) is 0 Å². The van der Waals surface area contributed by atoms with E-state index in [4.69, 9.17) is 20.8 Å². The van der Waals surface area contributed by atoms with Crippen molar-refractivity contribution in [3.8, 4) is 5.75 Å². The van der Waals surface area contributed by atoms with Crippen LogP contribution in [0, 0.1) is 0 Å². The van der Waals surface area contributed by atoms with Crippen LogP contribution in [0.15, 0.2) is 51.7 Å². The molecule has 2 aromatic carbocycles. The van der Waals surface area contributed by atoms with E-state index in [2.05, 4.69) is 4.98 Å². The van der Waals surface area contributed by atoms with Crippen LogP contribution in [-0.4, -0.2) is 28.9 Å². The molecule has 0 spiro atoms. The number of nitrogens with zero attached hydrogens (tertiary/aromatic N) is 1. The van der Waals surface area contributed by atoms with Crippen LogP contribution in [0.25, 0.3) is 21.9 Å². The molecule has 0 radical (unpaired) electrons. The SMILES string of the molecule is CCOc1ccc2c(C(=O)N3CCc4[nH]c5ccc(Cl)cc5c4C3)cc(=O)oc2c1. The second-order valence-corrected chi connectivity index (χ2v) is 7.76. The molecular formula is C23H19ClN2O4. The minimum absolute atomic E-state index is 0.195. The molecule has 30 heavy (non-hydrogen) atoms. The lowest BCUT2D eigenvalue weighted by Gasteiger charge is -2.27. The van der Waals surface area contributed by atoms with Gasteiger partial charge in [-0.3, -0.25) is 4.79 Å². The Morgan fingerprint density at radius 1 is 1.20 bits per heavy atom. The van der Waals surface area contributed by atoms with Crippen LogP contribution in [0.1, 0.15) is 28.5 Å². The number of H-pyrrole nitrogens is 1. The lowest BCUT2D eigenvalue weighted by molar-refractivity contribution is 0.0736. The van der Waals surface area contributed by atoms with Crippen molar-refractivity contribution in [2.24, 2.45) is 0 Å². The highest BCUT2D eigenvalue weighted by atomic mass is 35.5. The van der Waals surface area contributed by atoms with Crippen LogP contribution < -0.4 is 10.4 Å². The summed E-state index contributed by atoms with van der Waals surface area (Å²) in [5.74, 6) is 0.398. The standard InChI is InChI=1S/C23H19ClN2O4/c1-2-29-14-4-5-15-17(11-22(27)30-21(15)10-14)23(28)26-8-7-20-18(12-26)16-9-13(24)3-6-19(16)25-20/h3-6,9-11,25H,2,7-8,12H2,1H3. The molecule has 1 amide bonds. The topological polar surface area (TPSA) is 75.5 Å². The lowest BCUT2D eigenvalue weighted by Crippen LogP contribution is -2.36. The number of ether oxygens (including phenoxy) is 1. The van der Waals surface area contributed by atoms with E-state index in [1.807, 2.05) is 25.1 Å². The minimum atomic E-state index is -0.559. The van der Waals surface area contributed by atoms with Gasteiger partial charge in [-0.2, -0.15) is 0 Å². The number of carbonyl (C=O) groups excluding carboxylic acids is 1. The highest BCUT2D eigenvalue weighted by molar-refractivity contribution is 6.31. The molecule has 0 unspecified atom stereocenters. The van der Waals surface area contributed by atoms with E-state index in [0.717, 1.165) is 22.2 Å². The summed E-state index contributed by atoms with van der Waals surface area (Å²) in [7, 11) is 0. The van der Waals surface area contributed by atoms with Crippen molar-refractivity contribution in [1.29, 1.82) is 0 Å². The maximum absolute atomic E-state index is 13.4. The lowest BCUT2D eigenvalue weighted by atomic mass is 10.0. The van der Waals surface area contributed by atoms with Crippen LogP contribution in [0.2, 0.25) is 5.02 Å². The molecule has 0 saturated carbocycles. The number of aromatic nitrogens is 1. The number of aromatic amines is 1. The van der Waals surface area contributed by atoms with Gasteiger partial charge in [0.2, 0.25) is 0 Å². The summed E-state index contributed by atoms with van der Waals surface area (Å²) in [5, 5.41) is 2.27. The summed E-state index contributed by atoms with van der Waals surface area (Å²) >= 11 is 6.18. The molecule has 1 aliphatic rings. The Morgan fingerprint density at radius 2 is 2.07 bits per heavy atom. The predicted molar refractivity (Wildman–Crippen MR) is 115 cm³/mol. The van der Waals surface area contributed by atoms with Gasteiger partial charge in [0.1, 0.15) is 11.3 Å². The number of benzene rings is 2. The zero-order valence-corrected chi connectivity index (χ0v) is 17.1. The summed E-state index contributed by atoms with van der Waals surface area (Å²) in [5.41, 5.74) is 3.32. The van der Waals surface area contributed by atoms with Gasteiger partial charge in [-0.15, -0.1) is 0 Å². The average molecular weight is 423 g/mol. The Balaban J connectivity index is 1.54. The summed E-state index contributed by atoms with van der Waals surface area (Å²) in [6.45, 7) is 3.39. The molecular weight excluding hydrogens is 404 g/mol. The van der Waals surface area contributed by atoms with Gasteiger partial charge in [-0.25, -0.2) is 4.79 Å². The first-order valence-electron chi connectivity index (χ1n) is 9.82. The third kappa shape index (κ3) is 3.13. The van der Waals surface area contributed by atoms with Crippen molar-refractivity contribution >= 4 is 39.4 Å². The van der Waals surface area contributed by atoms with E-state index in [-0.39, 0.29) is 5.91 Å². The Kier molecular flexibility index (Phi) is 4.51. The van der Waals surface area contributed by atoms with Crippen LogP contribution in [0.5, 0.6) is 5.75 Å². The van der Waals surface area contributed by atoms with Gasteiger partial charge in [0.05, 0.1) is 12.2 Å². The number of fused-ring (bicyclic) bond motifs is 4. The molecule has 7 heteroatoms. The van der Waals surface area contributed by atoms with Gasteiger partial charge < -0.3 is 19.0 Å². The van der Waals surface area contributed by atoms with Crippen LogP contribution in [-0.2, 0) is 13.0 Å². The number of rotatable bonds is 3. The van der Waals surface area contributed by atoms with Crippen molar-refractivity contribution in [1.82, 2.24) is 9.88 Å². The second-order valence-electron chi connectivity index (χ2n) is 7.32. The van der Waals surface area contributed by atoms with E-state index in [0.29, 0.717) is 53.4 Å². The van der Waals surface area contributed by atoms with E-state index in [1.54, 1.807) is 23.1 Å². The van der Waals surface area contributed by atoms with Gasteiger partial charge >= 0.3 is 5.63 Å². The van der Waals surface area contributed by atoms with E-state index in [9.17, 15) is 9.59 Å². The predicted octanol–water partition coefficient (Wildman–Crippen LogP) is 4.52. The minimum Gasteiger partial charge on any atom is -0.494 e. The zero-order valence-electron chi connectivity index (χ0n) is 16.3. The third-order valence-electron chi connectivity index (χ3n) is 5.48. The smallest absolute Gasteiger partial charge is 0.337 e. The molecule has 1 aliphatic heterocycles. The fraction of sp³-hybridized carbons (Fsp3) is 0.217. The summed E-state index contributed by atoms with van der Waals surface area (Å²) < 4.78 is 10.8. The van der Waals surface area contributed by atoms with Crippen LogP contribution >= 0.6 is 11.6 Å². The maximum Gasteiger partial charge on any atom is 0.337 e. The largest absolute Gasteiger partial charge is 0.494 e. The molecule has 0 aliphatic carbocycles. The van der Waals surface area contributed by atoms with Crippen LogP contribution in [0.3, 0.4) is 0 Å². The van der Waals surface area contributed by atoms with Gasteiger partial charge in [0.15, 0.2) is 0 Å². The highest BCUT2D eigenvalue weighted by Crippen LogP contribution is 2.31. The van der Waals surface area contributed by atoms with E-state index < -0.39 is 5.63 Å². The molecule has 6 nitrogen and oxygen atoms in total. The number of nitrogens with one attached hydrogen (secondary N) is 1. The number of amides is 1. The van der Waals surface area contributed by atoms with Gasteiger partial charge in [0.25, 0.3) is 5.91 Å². The first-order valence-corrected chi connectivity index (χ1v) is 10.2. The molecule has 4 aromatic rings. The number of hydrogen-bond acceptors (Lipinski definition) is 4. The Morgan fingerprint density at radius 3 is 2.90 bits per heavy atom. The highest BCUT2D eigenvalue weighted by Gasteiger charge is 2.26. The summed E-state index contributed by atoms with van der Waals surface area (Å²) in [6.07, 6.45) is 0.710. The first kappa shape index (κ1) is 18.8. The fourth-order valence-corrected chi connectivity index (χ4v) is 4.28. The van der Waals surface area contributed by atoms with E-state index >= 15 is 0 Å². The molecule has 0 saturated heterocycles. The van der Waals surface area contributed by atoms with Crippen molar-refractivity contribution < 1.29 is 13.9 Å². The van der Waals surface area contributed by atoms with Crippen molar-refractivity contribution in [3.05, 3.63) is 74.7 Å². The molecule has 2 aromatic heterocycles. The number of hydrogen-bond donors (Lipinski definition) is 1. The molecule has 0 atom stereocenters. The molecule has 5 rings (SSSR count). The quantitative estimate of drug-likeness (QED) is 0.492. The monoisotopic (exact) mass is 422 g/mol. The molecule has 152 valence electrons. The Bertz CT molecular complexity index is 1350. The molecule has 0 fully saturated rings. The second kappa shape index (κ2) is 7.22. The Hall–Kier alpha value is -3.25. The third-order valence-corrected chi connectivity index (χ3v) is 5.72. The average Bonchev–Trinajstić information content (AvgIpc) is 3.09. The van der Waals surface area contributed by atoms with Gasteiger partial charge in [-0.05, 0) is 37.3 Å². The number of halogens is 1. The maximum atomic E-state index is 13.4. The summed E-state index contributed by atoms with van der Waals surface area (Å²) in [4.78, 5) is 30.7. The normalized spacial score (nSPS) is 13.6. The van der Waals surface area contributed by atoms with Crippen molar-refractivity contribution in [2.45, 2.75) is 19.9 Å².